The summed E-state index contributed by atoms with van der Waals surface area (Å²) in [4.78, 5) is 38.8. The van der Waals surface area contributed by atoms with E-state index in [4.69, 9.17) is 9.47 Å². The molecule has 3 unspecified atom stereocenters. The topological polar surface area (TPSA) is 105 Å². The predicted molar refractivity (Wildman–Crippen MR) is 97.9 cm³/mol. The molecule has 1 saturated carbocycles. The van der Waals surface area contributed by atoms with E-state index in [0.29, 0.717) is 0 Å². The van der Waals surface area contributed by atoms with Gasteiger partial charge in [0.05, 0.1) is 12.7 Å². The molecule has 1 saturated heterocycles. The first-order valence-electron chi connectivity index (χ1n) is 9.76. The fourth-order valence-corrected chi connectivity index (χ4v) is 3.97. The number of esters is 1. The van der Waals surface area contributed by atoms with Crippen LogP contribution in [-0.2, 0) is 19.1 Å². The molecule has 8 nitrogen and oxygen atoms in total. The Morgan fingerprint density at radius 2 is 1.93 bits per heavy atom. The van der Waals surface area contributed by atoms with Crippen LogP contribution in [0.1, 0.15) is 59.8 Å². The van der Waals surface area contributed by atoms with Crippen LogP contribution in [0.4, 0.5) is 4.79 Å². The first-order chi connectivity index (χ1) is 12.6. The maximum atomic E-state index is 13.1. The highest BCUT2D eigenvalue weighted by Crippen LogP contribution is 2.35. The minimum absolute atomic E-state index is 0.109. The van der Waals surface area contributed by atoms with E-state index in [1.54, 1.807) is 27.7 Å². The Morgan fingerprint density at radius 3 is 2.56 bits per heavy atom. The van der Waals surface area contributed by atoms with E-state index >= 15 is 0 Å². The van der Waals surface area contributed by atoms with Gasteiger partial charge < -0.3 is 24.8 Å². The summed E-state index contributed by atoms with van der Waals surface area (Å²) in [5.41, 5.74) is -0.699. The van der Waals surface area contributed by atoms with E-state index < -0.39 is 29.8 Å². The molecule has 2 aliphatic rings. The van der Waals surface area contributed by atoms with E-state index in [-0.39, 0.29) is 37.4 Å². The largest absolute Gasteiger partial charge is 0.465 e. The van der Waals surface area contributed by atoms with Crippen LogP contribution in [0.3, 0.4) is 0 Å². The zero-order valence-electron chi connectivity index (χ0n) is 16.7. The lowest BCUT2D eigenvalue weighted by Gasteiger charge is -2.39. The summed E-state index contributed by atoms with van der Waals surface area (Å²) in [7, 11) is 0. The maximum Gasteiger partial charge on any atom is 0.408 e. The third kappa shape index (κ3) is 5.82. The number of carbonyl (C=O) groups excluding carboxylic acids is 3. The summed E-state index contributed by atoms with van der Waals surface area (Å²) >= 11 is 0. The lowest BCUT2D eigenvalue weighted by Crippen LogP contribution is -2.53. The van der Waals surface area contributed by atoms with E-state index in [2.05, 4.69) is 5.32 Å². The van der Waals surface area contributed by atoms with Crippen LogP contribution in [0.2, 0.25) is 0 Å². The van der Waals surface area contributed by atoms with Gasteiger partial charge in [0.2, 0.25) is 5.91 Å². The number of alkyl carbamates (subject to hydrolysis) is 1. The standard InChI is InChI=1S/C19H32N2O6/c1-5-26-16(23)11-21-14-9-7-6-8-12(14)15(22)10-13(17(21)24)20-18(25)27-19(2,3)4/h12-15,22H,5-11H2,1-4H3,(H,20,25)/t12?,13-,14?,15?/m0/s1. The Hall–Kier alpha value is -1.83. The molecule has 0 aromatic carbocycles. The molecule has 0 aromatic rings. The highest BCUT2D eigenvalue weighted by molar-refractivity contribution is 5.89. The quantitative estimate of drug-likeness (QED) is 0.713. The number of hydrogen-bond acceptors (Lipinski definition) is 6. The van der Waals surface area contributed by atoms with Crippen LogP contribution >= 0.6 is 0 Å². The third-order valence-electron chi connectivity index (χ3n) is 5.03. The van der Waals surface area contributed by atoms with E-state index in [1.807, 2.05) is 0 Å². The van der Waals surface area contributed by atoms with Gasteiger partial charge in [0.1, 0.15) is 18.2 Å². The average molecular weight is 384 g/mol. The van der Waals surface area contributed by atoms with Crippen molar-refractivity contribution in [3.63, 3.8) is 0 Å². The first kappa shape index (κ1) is 21.5. The normalized spacial score (nSPS) is 28.8. The van der Waals surface area contributed by atoms with Crippen LogP contribution in [0.25, 0.3) is 0 Å². The van der Waals surface area contributed by atoms with Crippen LogP contribution in [-0.4, -0.2) is 64.9 Å². The van der Waals surface area contributed by atoms with Gasteiger partial charge >= 0.3 is 12.1 Å². The highest BCUT2D eigenvalue weighted by atomic mass is 16.6. The highest BCUT2D eigenvalue weighted by Gasteiger charge is 2.45. The number of ether oxygens (including phenoxy) is 2. The van der Waals surface area contributed by atoms with Gasteiger partial charge in [-0.05, 0) is 40.5 Å². The lowest BCUT2D eigenvalue weighted by atomic mass is 9.80. The molecule has 2 amide bonds. The molecule has 0 aromatic heterocycles. The van der Waals surface area contributed by atoms with Crippen molar-refractivity contribution in [2.24, 2.45) is 5.92 Å². The molecule has 154 valence electrons. The van der Waals surface area contributed by atoms with Crippen molar-refractivity contribution in [3.8, 4) is 0 Å². The summed E-state index contributed by atoms with van der Waals surface area (Å²) in [5.74, 6) is -0.965. The Kier molecular flexibility index (Phi) is 7.08. The van der Waals surface area contributed by atoms with Crippen molar-refractivity contribution in [2.45, 2.75) is 83.6 Å². The van der Waals surface area contributed by atoms with Gasteiger partial charge in [0.25, 0.3) is 0 Å². The van der Waals surface area contributed by atoms with Gasteiger partial charge in [0, 0.05) is 18.4 Å². The average Bonchev–Trinajstić information content (AvgIpc) is 2.65. The van der Waals surface area contributed by atoms with E-state index in [9.17, 15) is 19.5 Å². The van der Waals surface area contributed by atoms with Crippen molar-refractivity contribution in [1.29, 1.82) is 0 Å². The van der Waals surface area contributed by atoms with Crippen LogP contribution in [0, 0.1) is 5.92 Å². The third-order valence-corrected chi connectivity index (χ3v) is 5.03. The van der Waals surface area contributed by atoms with Crippen LogP contribution in [0.5, 0.6) is 0 Å². The molecule has 2 fully saturated rings. The zero-order valence-corrected chi connectivity index (χ0v) is 16.7. The second-order valence-corrected chi connectivity index (χ2v) is 8.29. The molecule has 1 heterocycles. The number of nitrogens with zero attached hydrogens (tertiary/aromatic N) is 1. The number of likely N-dealkylation sites (tertiary alicyclic amines) is 1. The zero-order chi connectivity index (χ0) is 20.2. The van der Waals surface area contributed by atoms with Crippen molar-refractivity contribution in [3.05, 3.63) is 0 Å². The summed E-state index contributed by atoms with van der Waals surface area (Å²) in [5, 5.41) is 13.3. The van der Waals surface area contributed by atoms with Crippen molar-refractivity contribution in [2.75, 3.05) is 13.2 Å². The van der Waals surface area contributed by atoms with Crippen LogP contribution in [0.15, 0.2) is 0 Å². The summed E-state index contributed by atoms with van der Waals surface area (Å²) < 4.78 is 10.3. The molecule has 0 radical (unpaired) electrons. The molecular formula is C19H32N2O6. The van der Waals surface area contributed by atoms with Crippen molar-refractivity contribution >= 4 is 18.0 Å². The molecule has 27 heavy (non-hydrogen) atoms. The Bertz CT molecular complexity index is 559. The molecule has 4 atom stereocenters. The Morgan fingerprint density at radius 1 is 1.26 bits per heavy atom. The molecule has 2 N–H and O–H groups in total. The number of nitrogens with one attached hydrogen (secondary N) is 1. The number of aliphatic hydroxyl groups is 1. The van der Waals surface area contributed by atoms with Crippen molar-refractivity contribution in [1.82, 2.24) is 10.2 Å². The number of hydrogen-bond donors (Lipinski definition) is 2. The predicted octanol–water partition coefficient (Wildman–Crippen LogP) is 1.59. The van der Waals surface area contributed by atoms with E-state index in [1.165, 1.54) is 4.90 Å². The van der Waals surface area contributed by atoms with Gasteiger partial charge in [-0.25, -0.2) is 4.79 Å². The minimum Gasteiger partial charge on any atom is -0.465 e. The van der Waals surface area contributed by atoms with E-state index in [0.717, 1.165) is 25.7 Å². The number of fused-ring (bicyclic) bond motifs is 1. The van der Waals surface area contributed by atoms with Gasteiger partial charge in [-0.2, -0.15) is 0 Å². The Balaban J connectivity index is 2.21. The molecular weight excluding hydrogens is 352 g/mol. The lowest BCUT2D eigenvalue weighted by molar-refractivity contribution is -0.152. The minimum atomic E-state index is -0.935. The summed E-state index contributed by atoms with van der Waals surface area (Å²) in [6, 6.07) is -1.16. The second-order valence-electron chi connectivity index (χ2n) is 8.29. The van der Waals surface area contributed by atoms with Crippen LogP contribution < -0.4 is 5.32 Å². The van der Waals surface area contributed by atoms with Gasteiger partial charge in [0.15, 0.2) is 0 Å². The number of amides is 2. The number of rotatable bonds is 4. The molecule has 1 aliphatic carbocycles. The number of carbonyl (C=O) groups is 3. The summed E-state index contributed by atoms with van der Waals surface area (Å²) in [6.07, 6.45) is 2.09. The molecule has 8 heteroatoms. The molecule has 0 spiro atoms. The fraction of sp³-hybridized carbons (Fsp3) is 0.842. The summed E-state index contributed by atoms with van der Waals surface area (Å²) in [6.45, 7) is 6.97. The first-order valence-corrected chi connectivity index (χ1v) is 9.76. The second kappa shape index (κ2) is 8.91. The molecule has 1 aliphatic heterocycles. The fourth-order valence-electron chi connectivity index (χ4n) is 3.97. The monoisotopic (exact) mass is 384 g/mol. The Labute approximate surface area is 160 Å². The number of aliphatic hydroxyl groups excluding tert-OH is 1. The SMILES string of the molecule is CCOC(=O)CN1C(=O)[C@@H](NC(=O)OC(C)(C)C)CC(O)C2CCCCC21. The van der Waals surface area contributed by atoms with Gasteiger partial charge in [-0.1, -0.05) is 12.8 Å². The van der Waals surface area contributed by atoms with Gasteiger partial charge in [-0.15, -0.1) is 0 Å². The maximum absolute atomic E-state index is 13.1. The van der Waals surface area contributed by atoms with Crippen molar-refractivity contribution < 1.29 is 29.0 Å². The smallest absolute Gasteiger partial charge is 0.408 e. The molecule has 2 rings (SSSR count). The molecule has 0 bridgehead atoms. The van der Waals surface area contributed by atoms with Gasteiger partial charge in [-0.3, -0.25) is 9.59 Å².